The van der Waals surface area contributed by atoms with Crippen LogP contribution in [0.15, 0.2) is 34.7 Å². The van der Waals surface area contributed by atoms with E-state index < -0.39 is 5.54 Å². The molecule has 2 unspecified atom stereocenters. The molecular formula is C17H21NO3. The Bertz CT molecular complexity index is 626. The van der Waals surface area contributed by atoms with E-state index in [1.807, 2.05) is 44.2 Å². The Kier molecular flexibility index (Phi) is 3.49. The minimum atomic E-state index is -0.517. The molecule has 3 rings (SSSR count). The number of fused-ring (bicyclic) bond motifs is 1. The Morgan fingerprint density at radius 2 is 2.19 bits per heavy atom. The zero-order valence-corrected chi connectivity index (χ0v) is 12.4. The van der Waals surface area contributed by atoms with Crippen molar-refractivity contribution in [2.24, 2.45) is 5.92 Å². The van der Waals surface area contributed by atoms with Crippen molar-refractivity contribution in [1.29, 1.82) is 0 Å². The van der Waals surface area contributed by atoms with Gasteiger partial charge in [0.15, 0.2) is 0 Å². The van der Waals surface area contributed by atoms with Crippen molar-refractivity contribution >= 4 is 16.9 Å². The highest BCUT2D eigenvalue weighted by Gasteiger charge is 2.42. The van der Waals surface area contributed by atoms with E-state index in [4.69, 9.17) is 4.42 Å². The minimum Gasteiger partial charge on any atom is -0.460 e. The van der Waals surface area contributed by atoms with Gasteiger partial charge in [-0.2, -0.15) is 0 Å². The Labute approximate surface area is 124 Å². The average molecular weight is 287 g/mol. The van der Waals surface area contributed by atoms with Gasteiger partial charge in [-0.15, -0.1) is 0 Å². The number of amides is 1. The van der Waals surface area contributed by atoms with Crippen LogP contribution in [0.5, 0.6) is 0 Å². The summed E-state index contributed by atoms with van der Waals surface area (Å²) in [7, 11) is 0. The molecule has 0 bridgehead atoms. The van der Waals surface area contributed by atoms with Crippen LogP contribution in [0.1, 0.15) is 38.4 Å². The first-order chi connectivity index (χ1) is 10.0. The third-order valence-electron chi connectivity index (χ3n) is 4.48. The molecule has 21 heavy (non-hydrogen) atoms. The maximum absolute atomic E-state index is 12.4. The molecule has 0 saturated heterocycles. The summed E-state index contributed by atoms with van der Waals surface area (Å²) >= 11 is 0. The third kappa shape index (κ3) is 2.68. The van der Waals surface area contributed by atoms with Gasteiger partial charge in [0.1, 0.15) is 11.3 Å². The van der Waals surface area contributed by atoms with Crippen molar-refractivity contribution in [2.75, 3.05) is 6.61 Å². The number of aliphatic hydroxyl groups excluding tert-OH is 1. The number of benzene rings is 1. The normalized spacial score (nSPS) is 19.2. The lowest BCUT2D eigenvalue weighted by molar-refractivity contribution is -0.125. The number of furan rings is 1. The molecule has 0 aliphatic heterocycles. The van der Waals surface area contributed by atoms with Crippen LogP contribution in [0.2, 0.25) is 0 Å². The van der Waals surface area contributed by atoms with E-state index in [1.165, 1.54) is 0 Å². The first-order valence-electron chi connectivity index (χ1n) is 7.45. The SMILES string of the molecule is CC(C(=O)NC(C)(CO)C1CC1)c1cc2ccccc2o1. The molecular weight excluding hydrogens is 266 g/mol. The molecule has 1 fully saturated rings. The first kappa shape index (κ1) is 14.1. The number of carbonyl (C=O) groups excluding carboxylic acids is 1. The lowest BCUT2D eigenvalue weighted by atomic mass is 9.95. The van der Waals surface area contributed by atoms with E-state index in [-0.39, 0.29) is 18.4 Å². The van der Waals surface area contributed by atoms with Crippen LogP contribution in [0.25, 0.3) is 11.0 Å². The summed E-state index contributed by atoms with van der Waals surface area (Å²) in [5.74, 6) is 0.568. The molecule has 4 nitrogen and oxygen atoms in total. The number of hydrogen-bond donors (Lipinski definition) is 2. The molecule has 0 spiro atoms. The van der Waals surface area contributed by atoms with Gasteiger partial charge < -0.3 is 14.8 Å². The Morgan fingerprint density at radius 3 is 2.81 bits per heavy atom. The lowest BCUT2D eigenvalue weighted by Crippen LogP contribution is -2.51. The van der Waals surface area contributed by atoms with Crippen molar-refractivity contribution in [1.82, 2.24) is 5.32 Å². The maximum Gasteiger partial charge on any atom is 0.230 e. The van der Waals surface area contributed by atoms with E-state index in [0.717, 1.165) is 23.8 Å². The smallest absolute Gasteiger partial charge is 0.230 e. The lowest BCUT2D eigenvalue weighted by Gasteiger charge is -2.29. The van der Waals surface area contributed by atoms with Gasteiger partial charge in [0.25, 0.3) is 0 Å². The van der Waals surface area contributed by atoms with Gasteiger partial charge in [-0.1, -0.05) is 18.2 Å². The molecule has 1 aromatic carbocycles. The zero-order chi connectivity index (χ0) is 15.0. The predicted molar refractivity (Wildman–Crippen MR) is 81.0 cm³/mol. The van der Waals surface area contributed by atoms with E-state index in [9.17, 15) is 9.90 Å². The fourth-order valence-electron chi connectivity index (χ4n) is 2.73. The van der Waals surface area contributed by atoms with Crippen molar-refractivity contribution in [2.45, 2.75) is 38.1 Å². The van der Waals surface area contributed by atoms with Gasteiger partial charge in [-0.25, -0.2) is 0 Å². The molecule has 1 heterocycles. The van der Waals surface area contributed by atoms with Crippen LogP contribution >= 0.6 is 0 Å². The number of para-hydroxylation sites is 1. The molecule has 1 aromatic heterocycles. The number of rotatable bonds is 5. The van der Waals surface area contributed by atoms with Crippen LogP contribution < -0.4 is 5.32 Å². The van der Waals surface area contributed by atoms with Crippen LogP contribution in [-0.2, 0) is 4.79 Å². The molecule has 2 N–H and O–H groups in total. The molecule has 1 aliphatic rings. The van der Waals surface area contributed by atoms with Gasteiger partial charge in [0, 0.05) is 5.39 Å². The van der Waals surface area contributed by atoms with Crippen LogP contribution in [0.4, 0.5) is 0 Å². The van der Waals surface area contributed by atoms with Crippen LogP contribution in [0.3, 0.4) is 0 Å². The average Bonchev–Trinajstić information content (AvgIpc) is 3.26. The summed E-state index contributed by atoms with van der Waals surface area (Å²) < 4.78 is 5.75. The van der Waals surface area contributed by atoms with Gasteiger partial charge in [0.2, 0.25) is 5.91 Å². The van der Waals surface area contributed by atoms with Crippen molar-refractivity contribution in [3.05, 3.63) is 36.1 Å². The van der Waals surface area contributed by atoms with Gasteiger partial charge in [-0.3, -0.25) is 4.79 Å². The molecule has 1 amide bonds. The highest BCUT2D eigenvalue weighted by atomic mass is 16.3. The van der Waals surface area contributed by atoms with Gasteiger partial charge >= 0.3 is 0 Å². The summed E-state index contributed by atoms with van der Waals surface area (Å²) in [6.45, 7) is 3.71. The van der Waals surface area contributed by atoms with Crippen LogP contribution in [0, 0.1) is 5.92 Å². The molecule has 1 aliphatic carbocycles. The Morgan fingerprint density at radius 1 is 1.48 bits per heavy atom. The van der Waals surface area contributed by atoms with Gasteiger partial charge in [0.05, 0.1) is 18.1 Å². The summed E-state index contributed by atoms with van der Waals surface area (Å²) in [5, 5.41) is 13.6. The second kappa shape index (κ2) is 5.19. The minimum absolute atomic E-state index is 0.0315. The predicted octanol–water partition coefficient (Wildman–Crippen LogP) is 2.81. The van der Waals surface area contributed by atoms with Crippen molar-refractivity contribution in [3.63, 3.8) is 0 Å². The Balaban J connectivity index is 1.77. The molecule has 0 radical (unpaired) electrons. The monoisotopic (exact) mass is 287 g/mol. The van der Waals surface area contributed by atoms with Crippen LogP contribution in [-0.4, -0.2) is 23.2 Å². The standard InChI is InChI=1S/C17H21NO3/c1-11(15-9-12-5-3-4-6-14(12)21-15)16(20)18-17(2,10-19)13-7-8-13/h3-6,9,11,13,19H,7-8,10H2,1-2H3,(H,18,20). The molecule has 2 aromatic rings. The molecule has 2 atom stereocenters. The second-order valence-corrected chi connectivity index (χ2v) is 6.25. The van der Waals surface area contributed by atoms with Crippen molar-refractivity contribution in [3.8, 4) is 0 Å². The second-order valence-electron chi connectivity index (χ2n) is 6.25. The van der Waals surface area contributed by atoms with E-state index >= 15 is 0 Å². The van der Waals surface area contributed by atoms with Gasteiger partial charge in [-0.05, 0) is 44.7 Å². The quantitative estimate of drug-likeness (QED) is 0.889. The summed E-state index contributed by atoms with van der Waals surface area (Å²) in [6.07, 6.45) is 2.13. The highest BCUT2D eigenvalue weighted by Crippen LogP contribution is 2.39. The summed E-state index contributed by atoms with van der Waals surface area (Å²) in [6, 6.07) is 9.63. The van der Waals surface area contributed by atoms with E-state index in [1.54, 1.807) is 0 Å². The summed E-state index contributed by atoms with van der Waals surface area (Å²) in [5.41, 5.74) is 0.274. The zero-order valence-electron chi connectivity index (χ0n) is 12.4. The Hall–Kier alpha value is -1.81. The number of nitrogens with one attached hydrogen (secondary N) is 1. The fourth-order valence-corrected chi connectivity index (χ4v) is 2.73. The van der Waals surface area contributed by atoms with Crippen molar-refractivity contribution < 1.29 is 14.3 Å². The molecule has 112 valence electrons. The van der Waals surface area contributed by atoms with E-state index in [0.29, 0.717) is 11.7 Å². The number of hydrogen-bond acceptors (Lipinski definition) is 3. The number of carbonyl (C=O) groups is 1. The maximum atomic E-state index is 12.4. The highest BCUT2D eigenvalue weighted by molar-refractivity contribution is 5.86. The number of aliphatic hydroxyl groups is 1. The third-order valence-corrected chi connectivity index (χ3v) is 4.48. The summed E-state index contributed by atoms with van der Waals surface area (Å²) in [4.78, 5) is 12.4. The molecule has 4 heteroatoms. The topological polar surface area (TPSA) is 62.5 Å². The largest absolute Gasteiger partial charge is 0.460 e. The first-order valence-corrected chi connectivity index (χ1v) is 7.45. The fraction of sp³-hybridized carbons (Fsp3) is 0.471. The molecule has 1 saturated carbocycles. The van der Waals surface area contributed by atoms with E-state index in [2.05, 4.69) is 5.32 Å².